The standard InChI is InChI=1S/C35H22N4/c1-36-31-22-26(20-21-34(31)39-32-18-10-8-16-27(32)28-17-9-11-19-33(28)39)30-23-29(24-12-4-2-5-13-24)37-35(38-30)25-14-6-3-7-15-25/h2-23H. The predicted molar refractivity (Wildman–Crippen MR) is 159 cm³/mol. The minimum absolute atomic E-state index is 0.570. The Hall–Kier alpha value is -5.53. The van der Waals surface area contributed by atoms with Gasteiger partial charge < -0.3 is 4.57 Å². The van der Waals surface area contributed by atoms with E-state index in [-0.39, 0.29) is 0 Å². The molecule has 4 heteroatoms. The lowest BCUT2D eigenvalue weighted by Crippen LogP contribution is -1.97. The Morgan fingerprint density at radius 3 is 1.67 bits per heavy atom. The van der Waals surface area contributed by atoms with E-state index in [0.29, 0.717) is 11.5 Å². The summed E-state index contributed by atoms with van der Waals surface area (Å²) in [6.07, 6.45) is 0. The summed E-state index contributed by atoms with van der Waals surface area (Å²) >= 11 is 0. The Labute approximate surface area is 226 Å². The summed E-state index contributed by atoms with van der Waals surface area (Å²) in [4.78, 5) is 13.8. The second-order valence-corrected chi connectivity index (χ2v) is 9.38. The summed E-state index contributed by atoms with van der Waals surface area (Å²) in [6.45, 7) is 8.09. The van der Waals surface area contributed by atoms with Crippen molar-refractivity contribution in [2.45, 2.75) is 0 Å². The second-order valence-electron chi connectivity index (χ2n) is 9.38. The van der Waals surface area contributed by atoms with Crippen LogP contribution in [-0.4, -0.2) is 14.5 Å². The lowest BCUT2D eigenvalue weighted by Gasteiger charge is -2.13. The molecule has 0 amide bonds. The Morgan fingerprint density at radius 1 is 0.513 bits per heavy atom. The van der Waals surface area contributed by atoms with Crippen molar-refractivity contribution >= 4 is 27.5 Å². The van der Waals surface area contributed by atoms with Gasteiger partial charge in [0.2, 0.25) is 5.69 Å². The first kappa shape index (κ1) is 22.7. The highest BCUT2D eigenvalue weighted by molar-refractivity contribution is 6.09. The molecule has 0 fully saturated rings. The van der Waals surface area contributed by atoms with Gasteiger partial charge in [0, 0.05) is 21.9 Å². The quantitative estimate of drug-likeness (QED) is 0.227. The molecule has 0 saturated carbocycles. The largest absolute Gasteiger partial charge is 0.319 e. The molecule has 2 aromatic heterocycles. The van der Waals surface area contributed by atoms with Gasteiger partial charge in [-0.15, -0.1) is 0 Å². The summed E-state index contributed by atoms with van der Waals surface area (Å²) in [6, 6.07) is 44.9. The summed E-state index contributed by atoms with van der Waals surface area (Å²) < 4.78 is 2.19. The number of fused-ring (bicyclic) bond motifs is 3. The van der Waals surface area contributed by atoms with Crippen LogP contribution in [0.4, 0.5) is 5.69 Å². The topological polar surface area (TPSA) is 35.1 Å². The molecule has 7 aromatic rings. The van der Waals surface area contributed by atoms with Crippen LogP contribution in [0.25, 0.3) is 66.2 Å². The van der Waals surface area contributed by atoms with Crippen LogP contribution in [0.5, 0.6) is 0 Å². The molecular formula is C35H22N4. The number of hydrogen-bond donors (Lipinski definition) is 0. The van der Waals surface area contributed by atoms with Crippen molar-refractivity contribution < 1.29 is 0 Å². The monoisotopic (exact) mass is 498 g/mol. The van der Waals surface area contributed by atoms with Crippen LogP contribution in [0, 0.1) is 6.57 Å². The van der Waals surface area contributed by atoms with E-state index in [0.717, 1.165) is 44.8 Å². The molecule has 2 heterocycles. The third kappa shape index (κ3) is 3.94. The average molecular weight is 499 g/mol. The number of para-hydroxylation sites is 2. The highest BCUT2D eigenvalue weighted by atomic mass is 15.0. The number of hydrogen-bond acceptors (Lipinski definition) is 2. The summed E-state index contributed by atoms with van der Waals surface area (Å²) in [7, 11) is 0. The molecule has 182 valence electrons. The number of nitrogens with zero attached hydrogens (tertiary/aromatic N) is 4. The van der Waals surface area contributed by atoms with Crippen molar-refractivity contribution in [3.63, 3.8) is 0 Å². The van der Waals surface area contributed by atoms with E-state index in [9.17, 15) is 0 Å². The van der Waals surface area contributed by atoms with Gasteiger partial charge in [-0.3, -0.25) is 0 Å². The fraction of sp³-hybridized carbons (Fsp3) is 0. The highest BCUT2D eigenvalue weighted by Gasteiger charge is 2.16. The molecule has 0 atom stereocenters. The first-order valence-corrected chi connectivity index (χ1v) is 12.8. The number of rotatable bonds is 4. The van der Waals surface area contributed by atoms with Gasteiger partial charge >= 0.3 is 0 Å². The van der Waals surface area contributed by atoms with Gasteiger partial charge in [0.1, 0.15) is 0 Å². The molecule has 0 aliphatic carbocycles. The molecule has 39 heavy (non-hydrogen) atoms. The van der Waals surface area contributed by atoms with Crippen LogP contribution in [-0.2, 0) is 0 Å². The van der Waals surface area contributed by atoms with Gasteiger partial charge in [-0.25, -0.2) is 14.8 Å². The molecule has 0 spiro atoms. The van der Waals surface area contributed by atoms with Crippen molar-refractivity contribution in [1.29, 1.82) is 0 Å². The van der Waals surface area contributed by atoms with Crippen LogP contribution in [0.1, 0.15) is 0 Å². The van der Waals surface area contributed by atoms with Crippen molar-refractivity contribution in [3.05, 3.63) is 145 Å². The molecule has 0 radical (unpaired) electrons. The number of aromatic nitrogens is 3. The Bertz CT molecular complexity index is 1910. The van der Waals surface area contributed by atoms with Crippen LogP contribution in [0.3, 0.4) is 0 Å². The van der Waals surface area contributed by atoms with Crippen LogP contribution >= 0.6 is 0 Å². The molecule has 0 aliphatic heterocycles. The van der Waals surface area contributed by atoms with Crippen LogP contribution in [0.15, 0.2) is 133 Å². The van der Waals surface area contributed by atoms with Crippen molar-refractivity contribution in [2.75, 3.05) is 0 Å². The molecule has 7 rings (SSSR count). The SMILES string of the molecule is [C-]#[N+]c1cc(-c2cc(-c3ccccc3)nc(-c3ccccc3)n2)ccc1-n1c2ccccc2c2ccccc21. The molecule has 0 bridgehead atoms. The normalized spacial score (nSPS) is 11.1. The second kappa shape index (κ2) is 9.41. The Balaban J connectivity index is 1.43. The third-order valence-corrected chi connectivity index (χ3v) is 7.04. The van der Waals surface area contributed by atoms with Crippen molar-refractivity contribution in [2.24, 2.45) is 0 Å². The highest BCUT2D eigenvalue weighted by Crippen LogP contribution is 2.37. The first-order chi connectivity index (χ1) is 19.3. The fourth-order valence-corrected chi connectivity index (χ4v) is 5.21. The van der Waals surface area contributed by atoms with E-state index in [4.69, 9.17) is 16.5 Å². The Morgan fingerprint density at radius 2 is 1.05 bits per heavy atom. The zero-order valence-electron chi connectivity index (χ0n) is 21.0. The smallest absolute Gasteiger partial charge is 0.211 e. The van der Waals surface area contributed by atoms with Gasteiger partial charge in [-0.05, 0) is 35.9 Å². The van der Waals surface area contributed by atoms with E-state index >= 15 is 0 Å². The van der Waals surface area contributed by atoms with E-state index < -0.39 is 0 Å². The maximum Gasteiger partial charge on any atom is 0.211 e. The molecule has 0 unspecified atom stereocenters. The summed E-state index contributed by atoms with van der Waals surface area (Å²) in [5.41, 5.74) is 8.05. The van der Waals surface area contributed by atoms with Crippen LogP contribution < -0.4 is 0 Å². The van der Waals surface area contributed by atoms with E-state index in [1.807, 2.05) is 78.9 Å². The lowest BCUT2D eigenvalue weighted by molar-refractivity contribution is 1.17. The molecular weight excluding hydrogens is 476 g/mol. The number of benzene rings is 5. The van der Waals surface area contributed by atoms with E-state index in [2.05, 4.69) is 64.0 Å². The lowest BCUT2D eigenvalue weighted by atomic mass is 10.1. The van der Waals surface area contributed by atoms with Gasteiger partial charge in [0.25, 0.3) is 0 Å². The minimum Gasteiger partial charge on any atom is -0.319 e. The molecule has 0 saturated heterocycles. The maximum absolute atomic E-state index is 8.09. The molecule has 5 aromatic carbocycles. The van der Waals surface area contributed by atoms with Crippen LogP contribution in [0.2, 0.25) is 0 Å². The van der Waals surface area contributed by atoms with Gasteiger partial charge in [0.15, 0.2) is 5.82 Å². The molecule has 4 nitrogen and oxygen atoms in total. The minimum atomic E-state index is 0.570. The fourth-order valence-electron chi connectivity index (χ4n) is 5.21. The van der Waals surface area contributed by atoms with Gasteiger partial charge in [-0.1, -0.05) is 103 Å². The zero-order valence-corrected chi connectivity index (χ0v) is 21.0. The Kier molecular flexibility index (Phi) is 5.46. The molecule has 0 N–H and O–H groups in total. The van der Waals surface area contributed by atoms with Crippen molar-refractivity contribution in [1.82, 2.24) is 14.5 Å². The maximum atomic E-state index is 8.09. The average Bonchev–Trinajstić information content (AvgIpc) is 3.35. The predicted octanol–water partition coefficient (Wildman–Crippen LogP) is 9.13. The van der Waals surface area contributed by atoms with E-state index in [1.165, 1.54) is 10.8 Å². The van der Waals surface area contributed by atoms with Crippen molar-refractivity contribution in [3.8, 4) is 39.6 Å². The van der Waals surface area contributed by atoms with Gasteiger partial charge in [-0.2, -0.15) is 0 Å². The first-order valence-electron chi connectivity index (χ1n) is 12.8. The summed E-state index contributed by atoms with van der Waals surface area (Å²) in [5.74, 6) is 0.655. The zero-order chi connectivity index (χ0) is 26.2. The van der Waals surface area contributed by atoms with Gasteiger partial charge in [0.05, 0.1) is 34.7 Å². The van der Waals surface area contributed by atoms with E-state index in [1.54, 1.807) is 0 Å². The summed E-state index contributed by atoms with van der Waals surface area (Å²) in [5, 5.41) is 2.34. The third-order valence-electron chi connectivity index (χ3n) is 7.04. The molecule has 0 aliphatic rings.